The standard InChI is InChI=1S/C25H40N6O6/c1-15(2)12-18(23(34)31-20(25(36)37)14-21(28)32)30-24(35)19(13-16-8-4-3-5-9-16)29-22(33)17(27)10-6-7-11-26/h3-5,8-9,15,17-20H,6-7,10-14,26-27H2,1-2H3,(H2,28,32)(H,29,33)(H,30,35)(H,31,34)(H,36,37). The predicted octanol–water partition coefficient (Wildman–Crippen LogP) is -0.854. The average Bonchev–Trinajstić information content (AvgIpc) is 2.82. The third-order valence-corrected chi connectivity index (χ3v) is 5.58. The Hall–Kier alpha value is -3.51. The molecule has 4 unspecified atom stereocenters. The number of carboxylic acids is 1. The SMILES string of the molecule is CC(C)CC(NC(=O)C(Cc1ccccc1)NC(=O)C(N)CCCCN)C(=O)NC(CC(N)=O)C(=O)O. The molecule has 0 aliphatic heterocycles. The second kappa shape index (κ2) is 16.3. The summed E-state index contributed by atoms with van der Waals surface area (Å²) in [5.74, 6) is -4.29. The largest absolute Gasteiger partial charge is 0.480 e. The van der Waals surface area contributed by atoms with Crippen LogP contribution in [0, 0.1) is 5.92 Å². The Kier molecular flexibility index (Phi) is 13.9. The molecule has 0 saturated heterocycles. The molecule has 12 nitrogen and oxygen atoms in total. The molecule has 1 aromatic rings. The van der Waals surface area contributed by atoms with E-state index < -0.39 is 60.2 Å². The van der Waals surface area contributed by atoms with E-state index in [0.717, 1.165) is 5.56 Å². The van der Waals surface area contributed by atoms with Crippen molar-refractivity contribution in [3.05, 3.63) is 35.9 Å². The van der Waals surface area contributed by atoms with Gasteiger partial charge >= 0.3 is 5.97 Å². The quantitative estimate of drug-likeness (QED) is 0.128. The summed E-state index contributed by atoms with van der Waals surface area (Å²) in [7, 11) is 0. The summed E-state index contributed by atoms with van der Waals surface area (Å²) in [5, 5.41) is 16.9. The van der Waals surface area contributed by atoms with E-state index in [4.69, 9.17) is 17.2 Å². The molecule has 1 aromatic carbocycles. The number of hydrogen-bond acceptors (Lipinski definition) is 7. The highest BCUT2D eigenvalue weighted by Crippen LogP contribution is 2.09. The minimum Gasteiger partial charge on any atom is -0.480 e. The molecule has 206 valence electrons. The van der Waals surface area contributed by atoms with E-state index in [-0.39, 0.29) is 18.8 Å². The van der Waals surface area contributed by atoms with Crippen LogP contribution in [0.1, 0.15) is 51.5 Å². The minimum atomic E-state index is -1.54. The molecule has 0 fully saturated rings. The highest BCUT2D eigenvalue weighted by molar-refractivity contribution is 5.95. The van der Waals surface area contributed by atoms with Gasteiger partial charge in [-0.2, -0.15) is 0 Å². The molecular formula is C25H40N6O6. The van der Waals surface area contributed by atoms with Crippen molar-refractivity contribution in [2.24, 2.45) is 23.1 Å². The van der Waals surface area contributed by atoms with E-state index >= 15 is 0 Å². The number of carboxylic acid groups (broad SMARTS) is 1. The maximum absolute atomic E-state index is 13.3. The summed E-state index contributed by atoms with van der Waals surface area (Å²) in [6, 6.07) is 4.48. The van der Waals surface area contributed by atoms with Crippen LogP contribution >= 0.6 is 0 Å². The Balaban J connectivity index is 3.07. The summed E-state index contributed by atoms with van der Waals surface area (Å²) in [6.07, 6.45) is 1.51. The molecule has 0 spiro atoms. The van der Waals surface area contributed by atoms with Crippen LogP contribution in [-0.2, 0) is 30.4 Å². The highest BCUT2D eigenvalue weighted by atomic mass is 16.4. The normalized spacial score (nSPS) is 14.2. The van der Waals surface area contributed by atoms with Gasteiger partial charge in [0.15, 0.2) is 0 Å². The molecule has 0 radical (unpaired) electrons. The van der Waals surface area contributed by atoms with Gasteiger partial charge in [-0.15, -0.1) is 0 Å². The number of hydrogen-bond donors (Lipinski definition) is 7. The van der Waals surface area contributed by atoms with Crippen molar-refractivity contribution in [1.82, 2.24) is 16.0 Å². The Morgan fingerprint density at radius 3 is 1.97 bits per heavy atom. The first kappa shape index (κ1) is 31.5. The van der Waals surface area contributed by atoms with Crippen molar-refractivity contribution < 1.29 is 29.1 Å². The number of aliphatic carboxylic acids is 1. The maximum Gasteiger partial charge on any atom is 0.326 e. The number of nitrogens with two attached hydrogens (primary N) is 3. The van der Waals surface area contributed by atoms with Gasteiger partial charge in [-0.25, -0.2) is 4.79 Å². The zero-order valence-corrected chi connectivity index (χ0v) is 21.4. The first-order valence-electron chi connectivity index (χ1n) is 12.4. The van der Waals surface area contributed by atoms with Crippen molar-refractivity contribution in [1.29, 1.82) is 0 Å². The molecule has 1 rings (SSSR count). The lowest BCUT2D eigenvalue weighted by molar-refractivity contribution is -0.143. The molecule has 12 heteroatoms. The fraction of sp³-hybridized carbons (Fsp3) is 0.560. The van der Waals surface area contributed by atoms with Crippen LogP contribution in [0.3, 0.4) is 0 Å². The molecule has 0 aromatic heterocycles. The van der Waals surface area contributed by atoms with Crippen molar-refractivity contribution in [3.8, 4) is 0 Å². The van der Waals surface area contributed by atoms with Gasteiger partial charge < -0.3 is 38.3 Å². The molecule has 0 heterocycles. The summed E-state index contributed by atoms with van der Waals surface area (Å²) in [4.78, 5) is 61.6. The zero-order valence-electron chi connectivity index (χ0n) is 21.4. The molecule has 4 atom stereocenters. The predicted molar refractivity (Wildman–Crippen MR) is 138 cm³/mol. The lowest BCUT2D eigenvalue weighted by Crippen LogP contribution is -2.58. The summed E-state index contributed by atoms with van der Waals surface area (Å²) in [5.41, 5.74) is 17.3. The number of carbonyl (C=O) groups excluding carboxylic acids is 4. The van der Waals surface area contributed by atoms with Crippen LogP contribution in [0.15, 0.2) is 30.3 Å². The minimum absolute atomic E-state index is 0.0476. The first-order valence-corrected chi connectivity index (χ1v) is 12.4. The van der Waals surface area contributed by atoms with Crippen LogP contribution in [0.25, 0.3) is 0 Å². The number of rotatable bonds is 17. The molecule has 37 heavy (non-hydrogen) atoms. The van der Waals surface area contributed by atoms with Gasteiger partial charge in [-0.1, -0.05) is 50.6 Å². The smallest absolute Gasteiger partial charge is 0.326 e. The second-order valence-electron chi connectivity index (χ2n) is 9.40. The van der Waals surface area contributed by atoms with Gasteiger partial charge in [0, 0.05) is 6.42 Å². The lowest BCUT2D eigenvalue weighted by Gasteiger charge is -2.26. The fourth-order valence-corrected chi connectivity index (χ4v) is 3.63. The van der Waals surface area contributed by atoms with E-state index in [2.05, 4.69) is 16.0 Å². The van der Waals surface area contributed by atoms with Gasteiger partial charge in [0.25, 0.3) is 0 Å². The summed E-state index contributed by atoms with van der Waals surface area (Å²) >= 11 is 0. The lowest BCUT2D eigenvalue weighted by atomic mass is 10.00. The molecule has 0 aliphatic carbocycles. The number of amides is 4. The van der Waals surface area contributed by atoms with Crippen molar-refractivity contribution >= 4 is 29.6 Å². The van der Waals surface area contributed by atoms with E-state index in [1.165, 1.54) is 0 Å². The van der Waals surface area contributed by atoms with Crippen molar-refractivity contribution in [2.75, 3.05) is 6.54 Å². The second-order valence-corrected chi connectivity index (χ2v) is 9.40. The van der Waals surface area contributed by atoms with Crippen LogP contribution in [0.2, 0.25) is 0 Å². The number of unbranched alkanes of at least 4 members (excludes halogenated alkanes) is 1. The first-order chi connectivity index (χ1) is 17.4. The van der Waals surface area contributed by atoms with Crippen LogP contribution < -0.4 is 33.2 Å². The van der Waals surface area contributed by atoms with E-state index in [1.807, 2.05) is 19.9 Å². The number of benzene rings is 1. The summed E-state index contributed by atoms with van der Waals surface area (Å²) < 4.78 is 0. The Bertz CT molecular complexity index is 910. The van der Waals surface area contributed by atoms with Gasteiger partial charge in [-0.3, -0.25) is 19.2 Å². The van der Waals surface area contributed by atoms with Gasteiger partial charge in [0.2, 0.25) is 23.6 Å². The highest BCUT2D eigenvalue weighted by Gasteiger charge is 2.31. The number of nitrogens with one attached hydrogen (secondary N) is 3. The van der Waals surface area contributed by atoms with Gasteiger partial charge in [0.05, 0.1) is 12.5 Å². The Morgan fingerprint density at radius 2 is 1.43 bits per heavy atom. The van der Waals surface area contributed by atoms with Crippen LogP contribution in [-0.4, -0.2) is 65.4 Å². The maximum atomic E-state index is 13.3. The third-order valence-electron chi connectivity index (χ3n) is 5.58. The fourth-order valence-electron chi connectivity index (χ4n) is 3.63. The van der Waals surface area contributed by atoms with Crippen LogP contribution in [0.4, 0.5) is 0 Å². The number of primary amides is 1. The number of carbonyl (C=O) groups is 5. The molecule has 0 saturated carbocycles. The van der Waals surface area contributed by atoms with Gasteiger partial charge in [-0.05, 0) is 37.3 Å². The van der Waals surface area contributed by atoms with E-state index in [1.54, 1.807) is 24.3 Å². The third kappa shape index (κ3) is 12.3. The molecule has 0 aliphatic rings. The van der Waals surface area contributed by atoms with Crippen molar-refractivity contribution in [3.63, 3.8) is 0 Å². The Labute approximate surface area is 217 Å². The monoisotopic (exact) mass is 520 g/mol. The molecule has 10 N–H and O–H groups in total. The molecule has 0 bridgehead atoms. The zero-order chi connectivity index (χ0) is 28.0. The van der Waals surface area contributed by atoms with Crippen LogP contribution in [0.5, 0.6) is 0 Å². The van der Waals surface area contributed by atoms with E-state index in [0.29, 0.717) is 25.8 Å². The molecular weight excluding hydrogens is 480 g/mol. The van der Waals surface area contributed by atoms with Crippen molar-refractivity contribution in [2.45, 2.75) is 76.5 Å². The Morgan fingerprint density at radius 1 is 0.865 bits per heavy atom. The topological polar surface area (TPSA) is 220 Å². The average molecular weight is 521 g/mol. The molecule has 4 amide bonds. The van der Waals surface area contributed by atoms with E-state index in [9.17, 15) is 29.1 Å². The van der Waals surface area contributed by atoms with Gasteiger partial charge in [0.1, 0.15) is 18.1 Å². The summed E-state index contributed by atoms with van der Waals surface area (Å²) in [6.45, 7) is 4.14.